The van der Waals surface area contributed by atoms with Crippen molar-refractivity contribution in [1.82, 2.24) is 0 Å². The fraction of sp³-hybridized carbons (Fsp3) is 0.0562. The Morgan fingerprint density at radius 3 is 1.19 bits per heavy atom. The number of para-hydroxylation sites is 2. The van der Waals surface area contributed by atoms with Gasteiger partial charge in [-0.15, -0.1) is 11.3 Å². The standard InChI is InChI=1S/C89H64BN3S/c1-57-51-79-86-80(52-57)93(66-45-48-73-75(55-66)85(61-33-17-8-18-34-61)71-42-26-24-40-69(71)83(73)59-29-13-6-14-30-59)87-76-53-62(89(2,3)4)43-50-81(76)94-88(87)90(86)77-49-46-67(91(63-35-19-9-20-36-63)64-37-21-10-22-38-64)56-78(77)92(79)65-44-47-72-74(54-65)84(60-31-15-7-16-32-60)70-41-25-23-39-68(70)82(72)58-27-11-5-12-28-58/h5-56H,1-4H3. The molecule has 0 aliphatic carbocycles. The summed E-state index contributed by atoms with van der Waals surface area (Å²) in [6, 6.07) is 118. The van der Waals surface area contributed by atoms with Crippen molar-refractivity contribution in [2.45, 2.75) is 33.1 Å². The summed E-state index contributed by atoms with van der Waals surface area (Å²) in [6.45, 7) is 9.22. The molecule has 0 saturated heterocycles. The highest BCUT2D eigenvalue weighted by atomic mass is 32.1. The molecule has 0 radical (unpaired) electrons. The lowest BCUT2D eigenvalue weighted by Gasteiger charge is -2.44. The van der Waals surface area contributed by atoms with Crippen molar-refractivity contribution in [3.8, 4) is 44.5 Å². The quantitative estimate of drug-likeness (QED) is 0.105. The van der Waals surface area contributed by atoms with Crippen LogP contribution in [0.2, 0.25) is 0 Å². The van der Waals surface area contributed by atoms with E-state index in [1.165, 1.54) is 142 Å². The van der Waals surface area contributed by atoms with E-state index in [0.29, 0.717) is 0 Å². The largest absolute Gasteiger partial charge is 0.311 e. The van der Waals surface area contributed by atoms with E-state index < -0.39 is 0 Å². The third kappa shape index (κ3) is 8.86. The smallest absolute Gasteiger partial charge is 0.264 e. The third-order valence-corrected chi connectivity index (χ3v) is 21.0. The molecule has 0 spiro atoms. The van der Waals surface area contributed by atoms with Crippen LogP contribution in [0.1, 0.15) is 31.9 Å². The minimum absolute atomic E-state index is 0.0846. The Morgan fingerprint density at radius 2 is 0.734 bits per heavy atom. The van der Waals surface area contributed by atoms with Gasteiger partial charge in [0.15, 0.2) is 0 Å². The van der Waals surface area contributed by atoms with Crippen LogP contribution in [0.15, 0.2) is 315 Å². The highest BCUT2D eigenvalue weighted by Crippen LogP contribution is 2.54. The minimum Gasteiger partial charge on any atom is -0.311 e. The van der Waals surface area contributed by atoms with E-state index >= 15 is 0 Å². The van der Waals surface area contributed by atoms with Gasteiger partial charge in [-0.25, -0.2) is 0 Å². The SMILES string of the molecule is Cc1cc2c3c(c1)N(c1ccc4c(-c5ccccc5)c5ccccc5c(-c5ccccc5)c4c1)c1c(sc4ccc(C(C)(C)C)cc14)B3c1ccc(N(c3ccccc3)c3ccccc3)cc1N2c1ccc2c(-c3ccccc3)c3ccccc3c(-c3ccccc3)c2c1. The van der Waals surface area contributed by atoms with Crippen molar-refractivity contribution in [3.63, 3.8) is 0 Å². The first-order valence-corrected chi connectivity index (χ1v) is 33.6. The Balaban J connectivity index is 0.959. The van der Waals surface area contributed by atoms with Gasteiger partial charge in [0.05, 0.1) is 5.69 Å². The molecule has 0 amide bonds. The van der Waals surface area contributed by atoms with Crippen LogP contribution in [0.4, 0.5) is 51.2 Å². The van der Waals surface area contributed by atoms with Gasteiger partial charge in [-0.05, 0) is 207 Å². The van der Waals surface area contributed by atoms with Gasteiger partial charge in [0.25, 0.3) is 6.71 Å². The zero-order valence-electron chi connectivity index (χ0n) is 52.8. The number of thiophene rings is 1. The van der Waals surface area contributed by atoms with Crippen molar-refractivity contribution in [2.24, 2.45) is 0 Å². The molecule has 3 heterocycles. The van der Waals surface area contributed by atoms with E-state index in [1.807, 2.05) is 11.3 Å². The molecule has 18 rings (SSSR count). The number of nitrogens with zero attached hydrogens (tertiary/aromatic N) is 3. The lowest BCUT2D eigenvalue weighted by atomic mass is 9.36. The van der Waals surface area contributed by atoms with E-state index in [9.17, 15) is 0 Å². The molecule has 3 nitrogen and oxygen atoms in total. The molecule has 5 heteroatoms. The van der Waals surface area contributed by atoms with E-state index in [4.69, 9.17) is 0 Å². The maximum absolute atomic E-state index is 2.67. The van der Waals surface area contributed by atoms with Crippen LogP contribution in [0.3, 0.4) is 0 Å². The van der Waals surface area contributed by atoms with Crippen molar-refractivity contribution in [3.05, 3.63) is 327 Å². The lowest BCUT2D eigenvalue weighted by molar-refractivity contribution is 0.591. The summed E-state index contributed by atoms with van der Waals surface area (Å²) in [5.74, 6) is 0. The number of hydrogen-bond acceptors (Lipinski definition) is 4. The number of benzene rings is 15. The Hall–Kier alpha value is -11.2. The summed E-state index contributed by atoms with van der Waals surface area (Å²) in [5, 5.41) is 11.1. The predicted octanol–water partition coefficient (Wildman–Crippen LogP) is 23.3. The Morgan fingerprint density at radius 1 is 0.330 bits per heavy atom. The normalized spacial score (nSPS) is 12.6. The molecule has 0 saturated carbocycles. The average molecular weight is 1220 g/mol. The summed E-state index contributed by atoms with van der Waals surface area (Å²) in [6.07, 6.45) is 0. The predicted molar refractivity (Wildman–Crippen MR) is 406 cm³/mol. The van der Waals surface area contributed by atoms with Crippen LogP contribution in [0, 0.1) is 6.92 Å². The molecule has 0 bridgehead atoms. The highest BCUT2D eigenvalue weighted by Gasteiger charge is 2.46. The van der Waals surface area contributed by atoms with Gasteiger partial charge in [0, 0.05) is 60.4 Å². The van der Waals surface area contributed by atoms with Crippen LogP contribution in [0.25, 0.3) is 97.7 Å². The molecular weight excluding hydrogens is 1150 g/mol. The third-order valence-electron chi connectivity index (χ3n) is 19.7. The fourth-order valence-corrected chi connectivity index (χ4v) is 16.9. The van der Waals surface area contributed by atoms with E-state index in [0.717, 1.165) is 34.1 Å². The molecule has 2 aliphatic heterocycles. The van der Waals surface area contributed by atoms with Crippen molar-refractivity contribution >= 4 is 138 Å². The monoisotopic (exact) mass is 1220 g/mol. The van der Waals surface area contributed by atoms with E-state index in [2.05, 4.69) is 358 Å². The first kappa shape index (κ1) is 55.6. The van der Waals surface area contributed by atoms with Gasteiger partial charge in [-0.1, -0.05) is 251 Å². The second-order valence-electron chi connectivity index (χ2n) is 26.4. The second-order valence-corrected chi connectivity index (χ2v) is 27.4. The number of fused-ring (bicyclic) bond motifs is 10. The molecule has 2 aliphatic rings. The lowest BCUT2D eigenvalue weighted by Crippen LogP contribution is -2.60. The van der Waals surface area contributed by atoms with Gasteiger partial charge in [-0.3, -0.25) is 0 Å². The average Bonchev–Trinajstić information content (AvgIpc) is 1.22. The molecule has 94 heavy (non-hydrogen) atoms. The van der Waals surface area contributed by atoms with Gasteiger partial charge in [-0.2, -0.15) is 0 Å². The van der Waals surface area contributed by atoms with E-state index in [1.54, 1.807) is 0 Å². The first-order valence-electron chi connectivity index (χ1n) is 32.8. The second kappa shape index (κ2) is 22.0. The Bertz CT molecular complexity index is 5630. The number of rotatable bonds is 9. The topological polar surface area (TPSA) is 9.72 Å². The maximum atomic E-state index is 2.67. The van der Waals surface area contributed by atoms with Gasteiger partial charge < -0.3 is 14.7 Å². The van der Waals surface area contributed by atoms with Crippen LogP contribution < -0.4 is 30.4 Å². The molecule has 1 aromatic heterocycles. The molecule has 444 valence electrons. The van der Waals surface area contributed by atoms with Crippen LogP contribution in [-0.2, 0) is 5.41 Å². The molecular formula is C89H64BN3S. The van der Waals surface area contributed by atoms with Crippen LogP contribution in [-0.4, -0.2) is 6.71 Å². The number of hydrogen-bond donors (Lipinski definition) is 0. The molecule has 16 aromatic rings. The first-order chi connectivity index (χ1) is 46.2. The van der Waals surface area contributed by atoms with Gasteiger partial charge in [0.2, 0.25) is 0 Å². The minimum atomic E-state index is -0.113. The molecule has 0 unspecified atom stereocenters. The molecule has 0 atom stereocenters. The summed E-state index contributed by atoms with van der Waals surface area (Å²) in [4.78, 5) is 7.71. The molecule has 15 aromatic carbocycles. The summed E-state index contributed by atoms with van der Waals surface area (Å²) >= 11 is 1.96. The van der Waals surface area contributed by atoms with Crippen molar-refractivity contribution in [2.75, 3.05) is 14.7 Å². The van der Waals surface area contributed by atoms with Crippen LogP contribution in [0.5, 0.6) is 0 Å². The van der Waals surface area contributed by atoms with Crippen molar-refractivity contribution < 1.29 is 0 Å². The zero-order chi connectivity index (χ0) is 62.8. The number of aryl methyl sites for hydroxylation is 1. The number of anilines is 9. The van der Waals surface area contributed by atoms with E-state index in [-0.39, 0.29) is 12.1 Å². The van der Waals surface area contributed by atoms with Gasteiger partial charge >= 0.3 is 0 Å². The fourth-order valence-electron chi connectivity index (χ4n) is 15.6. The van der Waals surface area contributed by atoms with Gasteiger partial charge in [0.1, 0.15) is 0 Å². The molecule has 0 fully saturated rings. The summed E-state index contributed by atoms with van der Waals surface area (Å²) < 4.78 is 2.62. The Kier molecular flexibility index (Phi) is 13.0. The maximum Gasteiger partial charge on any atom is 0.264 e. The summed E-state index contributed by atoms with van der Waals surface area (Å²) in [7, 11) is 0. The van der Waals surface area contributed by atoms with Crippen LogP contribution >= 0.6 is 11.3 Å². The highest BCUT2D eigenvalue weighted by molar-refractivity contribution is 7.33. The van der Waals surface area contributed by atoms with Crippen molar-refractivity contribution in [1.29, 1.82) is 0 Å². The zero-order valence-corrected chi connectivity index (χ0v) is 53.7. The summed E-state index contributed by atoms with van der Waals surface area (Å²) in [5.41, 5.74) is 25.0. The Labute approximate surface area is 553 Å². The molecule has 0 N–H and O–H groups in total.